The number of aromatic nitrogens is 2. The summed E-state index contributed by atoms with van der Waals surface area (Å²) in [5, 5.41) is 7.13. The van der Waals surface area contributed by atoms with Crippen LogP contribution in [0, 0.1) is 19.8 Å². The lowest BCUT2D eigenvalue weighted by atomic mass is 9.95. The first-order valence-corrected chi connectivity index (χ1v) is 9.10. The molecule has 1 amide bonds. The quantitative estimate of drug-likeness (QED) is 0.836. The Morgan fingerprint density at radius 2 is 1.95 bits per heavy atom. The maximum absolute atomic E-state index is 12.7. The van der Waals surface area contributed by atoms with Crippen LogP contribution < -0.4 is 10.0 Å². The van der Waals surface area contributed by atoms with Gasteiger partial charge in [0.05, 0.1) is 11.4 Å². The molecule has 7 nitrogen and oxygen atoms in total. The highest BCUT2D eigenvalue weighted by Crippen LogP contribution is 2.36. The van der Waals surface area contributed by atoms with E-state index >= 15 is 0 Å². The third kappa shape index (κ3) is 2.77. The second kappa shape index (κ2) is 5.34. The fourth-order valence-electron chi connectivity index (χ4n) is 3.26. The van der Waals surface area contributed by atoms with Gasteiger partial charge in [0.1, 0.15) is 4.90 Å². The predicted molar refractivity (Wildman–Crippen MR) is 80.7 cm³/mol. The Morgan fingerprint density at radius 3 is 2.50 bits per heavy atom. The zero-order valence-corrected chi connectivity index (χ0v) is 13.9. The number of piperidine rings is 1. The van der Waals surface area contributed by atoms with Gasteiger partial charge in [-0.2, -0.15) is 5.10 Å². The van der Waals surface area contributed by atoms with Crippen LogP contribution in [-0.2, 0) is 21.9 Å². The number of nitrogens with one attached hydrogen (secondary N) is 2. The third-order valence-electron chi connectivity index (χ3n) is 4.59. The van der Waals surface area contributed by atoms with E-state index in [2.05, 4.69) is 15.1 Å². The SMILES string of the molecule is Cc1nn(C)c(C)c1S(=O)(=O)N[C@@H]1CCC(=O)N[C@H]1C1CC1. The minimum Gasteiger partial charge on any atom is -0.351 e. The molecule has 1 aliphatic heterocycles. The Balaban J connectivity index is 1.85. The highest BCUT2D eigenvalue weighted by Gasteiger charge is 2.42. The zero-order chi connectivity index (χ0) is 16.1. The largest absolute Gasteiger partial charge is 0.351 e. The molecule has 2 atom stereocenters. The summed E-state index contributed by atoms with van der Waals surface area (Å²) in [5.41, 5.74) is 1.11. The van der Waals surface area contributed by atoms with E-state index in [0.717, 1.165) is 12.8 Å². The summed E-state index contributed by atoms with van der Waals surface area (Å²) < 4.78 is 29.9. The Kier molecular flexibility index (Phi) is 3.76. The molecule has 1 saturated carbocycles. The number of rotatable bonds is 4. The number of carbonyl (C=O) groups excluding carboxylic acids is 1. The van der Waals surface area contributed by atoms with E-state index in [1.54, 1.807) is 25.6 Å². The van der Waals surface area contributed by atoms with Crippen LogP contribution in [0.4, 0.5) is 0 Å². The van der Waals surface area contributed by atoms with Gasteiger partial charge in [0.2, 0.25) is 15.9 Å². The van der Waals surface area contributed by atoms with Crippen molar-refractivity contribution in [2.45, 2.75) is 56.5 Å². The maximum Gasteiger partial charge on any atom is 0.244 e. The number of hydrogen-bond acceptors (Lipinski definition) is 4. The van der Waals surface area contributed by atoms with E-state index in [9.17, 15) is 13.2 Å². The zero-order valence-electron chi connectivity index (χ0n) is 13.1. The molecule has 1 saturated heterocycles. The molecule has 2 fully saturated rings. The highest BCUT2D eigenvalue weighted by molar-refractivity contribution is 7.89. The van der Waals surface area contributed by atoms with Crippen LogP contribution in [-0.4, -0.2) is 36.2 Å². The van der Waals surface area contributed by atoms with Crippen LogP contribution in [0.3, 0.4) is 0 Å². The average molecular weight is 326 g/mol. The first-order chi connectivity index (χ1) is 10.3. The summed E-state index contributed by atoms with van der Waals surface area (Å²) >= 11 is 0. The molecule has 0 spiro atoms. The minimum absolute atomic E-state index is 0.0149. The standard InChI is InChI=1S/C14H22N4O3S/c1-8-14(9(2)18(3)16-8)22(20,21)17-11-6-7-12(19)15-13(11)10-4-5-10/h10-11,13,17H,4-7H2,1-3H3,(H,15,19)/t11-,13+/m1/s1. The topological polar surface area (TPSA) is 93.1 Å². The van der Waals surface area contributed by atoms with Gasteiger partial charge >= 0.3 is 0 Å². The normalized spacial score (nSPS) is 26.0. The summed E-state index contributed by atoms with van der Waals surface area (Å²) in [6.07, 6.45) is 3.01. The van der Waals surface area contributed by atoms with E-state index < -0.39 is 10.0 Å². The van der Waals surface area contributed by atoms with Crippen molar-refractivity contribution in [2.75, 3.05) is 0 Å². The van der Waals surface area contributed by atoms with Gasteiger partial charge in [0.15, 0.2) is 0 Å². The van der Waals surface area contributed by atoms with Crippen molar-refractivity contribution in [2.24, 2.45) is 13.0 Å². The second-order valence-corrected chi connectivity index (χ2v) is 7.97. The summed E-state index contributed by atoms with van der Waals surface area (Å²) in [4.78, 5) is 11.8. The van der Waals surface area contributed by atoms with Crippen molar-refractivity contribution in [1.82, 2.24) is 19.8 Å². The summed E-state index contributed by atoms with van der Waals surface area (Å²) in [6, 6.07) is -0.331. The smallest absolute Gasteiger partial charge is 0.244 e. The molecule has 22 heavy (non-hydrogen) atoms. The number of aryl methyl sites for hydroxylation is 2. The van der Waals surface area contributed by atoms with Gasteiger partial charge in [-0.1, -0.05) is 0 Å². The van der Waals surface area contributed by atoms with E-state index in [4.69, 9.17) is 0 Å². The Morgan fingerprint density at radius 1 is 1.27 bits per heavy atom. The highest BCUT2D eigenvalue weighted by atomic mass is 32.2. The summed E-state index contributed by atoms with van der Waals surface area (Å²) in [7, 11) is -1.91. The van der Waals surface area contributed by atoms with E-state index in [1.165, 1.54) is 0 Å². The monoisotopic (exact) mass is 326 g/mol. The van der Waals surface area contributed by atoms with Crippen LogP contribution in [0.15, 0.2) is 4.90 Å². The van der Waals surface area contributed by atoms with Crippen molar-refractivity contribution in [3.8, 4) is 0 Å². The molecule has 8 heteroatoms. The van der Waals surface area contributed by atoms with Gasteiger partial charge in [0.25, 0.3) is 0 Å². The molecule has 0 bridgehead atoms. The molecule has 122 valence electrons. The van der Waals surface area contributed by atoms with Crippen LogP contribution in [0.5, 0.6) is 0 Å². The molecule has 2 N–H and O–H groups in total. The van der Waals surface area contributed by atoms with Crippen LogP contribution in [0.2, 0.25) is 0 Å². The van der Waals surface area contributed by atoms with Gasteiger partial charge in [-0.3, -0.25) is 9.48 Å². The van der Waals surface area contributed by atoms with Crippen LogP contribution in [0.25, 0.3) is 0 Å². The molecule has 0 aromatic carbocycles. The third-order valence-corrected chi connectivity index (χ3v) is 6.33. The lowest BCUT2D eigenvalue weighted by Crippen LogP contribution is -2.56. The van der Waals surface area contributed by atoms with Gasteiger partial charge in [-0.05, 0) is 39.0 Å². The first kappa shape index (κ1) is 15.5. The molecule has 1 aromatic heterocycles. The number of carbonyl (C=O) groups is 1. The van der Waals surface area contributed by atoms with Gasteiger partial charge in [0, 0.05) is 25.6 Å². The summed E-state index contributed by atoms with van der Waals surface area (Å²) in [5.74, 6) is 0.411. The minimum atomic E-state index is -3.64. The maximum atomic E-state index is 12.7. The molecule has 0 radical (unpaired) electrons. The van der Waals surface area contributed by atoms with Crippen molar-refractivity contribution < 1.29 is 13.2 Å². The first-order valence-electron chi connectivity index (χ1n) is 7.61. The van der Waals surface area contributed by atoms with E-state index in [-0.39, 0.29) is 22.9 Å². The Bertz CT molecular complexity index is 706. The molecule has 0 unspecified atom stereocenters. The fourth-order valence-corrected chi connectivity index (χ4v) is 4.99. The molecule has 2 heterocycles. The van der Waals surface area contributed by atoms with Gasteiger partial charge in [-0.25, -0.2) is 13.1 Å². The molecule has 1 aliphatic carbocycles. The number of nitrogens with zero attached hydrogens (tertiary/aromatic N) is 2. The number of sulfonamides is 1. The van der Waals surface area contributed by atoms with E-state index in [0.29, 0.717) is 30.1 Å². The fraction of sp³-hybridized carbons (Fsp3) is 0.714. The molecular formula is C14H22N4O3S. The summed E-state index contributed by atoms with van der Waals surface area (Å²) in [6.45, 7) is 3.44. The van der Waals surface area contributed by atoms with Crippen molar-refractivity contribution >= 4 is 15.9 Å². The van der Waals surface area contributed by atoms with Gasteiger partial charge < -0.3 is 5.32 Å². The second-order valence-electron chi connectivity index (χ2n) is 6.32. The van der Waals surface area contributed by atoms with Gasteiger partial charge in [-0.15, -0.1) is 0 Å². The number of amides is 1. The molecule has 3 rings (SSSR count). The van der Waals surface area contributed by atoms with Crippen LogP contribution >= 0.6 is 0 Å². The predicted octanol–water partition coefficient (Wildman–Crippen LogP) is 0.372. The number of hydrogen-bond donors (Lipinski definition) is 2. The molecule has 2 aliphatic rings. The van der Waals surface area contributed by atoms with Crippen molar-refractivity contribution in [1.29, 1.82) is 0 Å². The van der Waals surface area contributed by atoms with Crippen molar-refractivity contribution in [3.05, 3.63) is 11.4 Å². The lowest BCUT2D eigenvalue weighted by Gasteiger charge is -2.32. The van der Waals surface area contributed by atoms with Crippen LogP contribution in [0.1, 0.15) is 37.1 Å². The Labute approximate surface area is 130 Å². The molecule has 1 aromatic rings. The van der Waals surface area contributed by atoms with Crippen molar-refractivity contribution in [3.63, 3.8) is 0 Å². The Hall–Kier alpha value is -1.41. The molecular weight excluding hydrogens is 304 g/mol. The lowest BCUT2D eigenvalue weighted by molar-refractivity contribution is -0.123. The van der Waals surface area contributed by atoms with E-state index in [1.807, 2.05) is 0 Å². The average Bonchev–Trinajstić information content (AvgIpc) is 3.20.